The van der Waals surface area contributed by atoms with Crippen molar-refractivity contribution in [3.05, 3.63) is 0 Å². The molecule has 0 N–H and O–H groups in total. The Bertz CT molecular complexity index is 216. The largest absolute Gasteiger partial charge is 0.244 e. The van der Waals surface area contributed by atoms with Crippen molar-refractivity contribution >= 4 is 0 Å². The fourth-order valence-corrected chi connectivity index (χ4v) is 4.23. The zero-order valence-corrected chi connectivity index (χ0v) is 12.8. The van der Waals surface area contributed by atoms with E-state index in [0.717, 1.165) is 38.5 Å². The Labute approximate surface area is 119 Å². The highest BCUT2D eigenvalue weighted by molar-refractivity contribution is 4.88. The van der Waals surface area contributed by atoms with Gasteiger partial charge in [0.1, 0.15) is 5.67 Å². The van der Waals surface area contributed by atoms with Crippen LogP contribution in [0.25, 0.3) is 0 Å². The SMILES string of the molecule is FC1(C2CCCCCCCC2)CCCCCCCC1. The van der Waals surface area contributed by atoms with Gasteiger partial charge < -0.3 is 0 Å². The van der Waals surface area contributed by atoms with Gasteiger partial charge in [-0.1, -0.05) is 77.0 Å². The number of hydrogen-bond donors (Lipinski definition) is 0. The lowest BCUT2D eigenvalue weighted by Crippen LogP contribution is -2.33. The Hall–Kier alpha value is -0.0700. The molecule has 0 bridgehead atoms. The summed E-state index contributed by atoms with van der Waals surface area (Å²) >= 11 is 0. The van der Waals surface area contributed by atoms with E-state index in [2.05, 4.69) is 0 Å². The molecule has 1 heteroatoms. The minimum absolute atomic E-state index is 0.378. The van der Waals surface area contributed by atoms with Crippen LogP contribution in [-0.2, 0) is 0 Å². The molecule has 0 amide bonds. The first kappa shape index (κ1) is 15.3. The fraction of sp³-hybridized carbons (Fsp3) is 1.00. The van der Waals surface area contributed by atoms with Crippen molar-refractivity contribution in [2.45, 2.75) is 108 Å². The van der Waals surface area contributed by atoms with Crippen LogP contribution in [0.3, 0.4) is 0 Å². The summed E-state index contributed by atoms with van der Waals surface area (Å²) < 4.78 is 15.5. The molecule has 112 valence electrons. The van der Waals surface area contributed by atoms with E-state index in [1.165, 1.54) is 64.2 Å². The smallest absolute Gasteiger partial charge is 0.113 e. The first-order valence-corrected chi connectivity index (χ1v) is 9.00. The number of rotatable bonds is 1. The summed E-state index contributed by atoms with van der Waals surface area (Å²) in [6.45, 7) is 0. The number of hydrogen-bond acceptors (Lipinski definition) is 0. The Kier molecular flexibility index (Phi) is 6.67. The van der Waals surface area contributed by atoms with Crippen LogP contribution in [0.2, 0.25) is 0 Å². The van der Waals surface area contributed by atoms with E-state index in [9.17, 15) is 0 Å². The molecule has 0 aromatic rings. The topological polar surface area (TPSA) is 0 Å². The second-order valence-electron chi connectivity index (χ2n) is 7.05. The normalized spacial score (nSPS) is 28.3. The monoisotopic (exact) mass is 268 g/mol. The summed E-state index contributed by atoms with van der Waals surface area (Å²) in [5, 5.41) is 0. The molecule has 0 aliphatic heterocycles. The summed E-state index contributed by atoms with van der Waals surface area (Å²) in [6, 6.07) is 0. The molecule has 2 aliphatic carbocycles. The van der Waals surface area contributed by atoms with E-state index in [1.54, 1.807) is 0 Å². The van der Waals surface area contributed by atoms with Crippen molar-refractivity contribution in [1.82, 2.24) is 0 Å². The van der Waals surface area contributed by atoms with Gasteiger partial charge in [-0.15, -0.1) is 0 Å². The van der Waals surface area contributed by atoms with Crippen LogP contribution in [0.15, 0.2) is 0 Å². The first-order valence-electron chi connectivity index (χ1n) is 9.00. The van der Waals surface area contributed by atoms with Gasteiger partial charge in [0.15, 0.2) is 0 Å². The minimum Gasteiger partial charge on any atom is -0.244 e. The number of alkyl halides is 1. The first-order chi connectivity index (χ1) is 9.31. The molecular weight excluding hydrogens is 235 g/mol. The minimum atomic E-state index is -0.811. The van der Waals surface area contributed by atoms with Gasteiger partial charge in [-0.3, -0.25) is 0 Å². The van der Waals surface area contributed by atoms with Crippen molar-refractivity contribution in [2.24, 2.45) is 5.92 Å². The van der Waals surface area contributed by atoms with Crippen LogP contribution in [-0.4, -0.2) is 5.67 Å². The molecule has 2 saturated carbocycles. The van der Waals surface area contributed by atoms with Gasteiger partial charge >= 0.3 is 0 Å². The van der Waals surface area contributed by atoms with Gasteiger partial charge in [0.05, 0.1) is 0 Å². The van der Waals surface area contributed by atoms with Crippen LogP contribution >= 0.6 is 0 Å². The van der Waals surface area contributed by atoms with Crippen LogP contribution in [0.1, 0.15) is 103 Å². The summed E-state index contributed by atoms with van der Waals surface area (Å²) in [5.74, 6) is 0.378. The average Bonchev–Trinajstić information content (AvgIpc) is 2.61. The standard InChI is InChI=1S/C18H33F/c19-18(15-11-7-3-4-8-12-16-18)17-13-9-5-1-2-6-10-14-17/h17H,1-16H2. The molecule has 2 aliphatic rings. The predicted octanol–water partition coefficient (Wildman–Crippen LogP) is 6.58. The predicted molar refractivity (Wildman–Crippen MR) is 81.2 cm³/mol. The summed E-state index contributed by atoms with van der Waals surface area (Å²) in [6.07, 6.45) is 19.5. The molecule has 2 rings (SSSR count). The Morgan fingerprint density at radius 1 is 0.526 bits per heavy atom. The zero-order valence-electron chi connectivity index (χ0n) is 12.8. The maximum atomic E-state index is 15.5. The summed E-state index contributed by atoms with van der Waals surface area (Å²) in [4.78, 5) is 0. The molecule has 0 aromatic carbocycles. The fourth-order valence-electron chi connectivity index (χ4n) is 4.23. The maximum absolute atomic E-state index is 15.5. The van der Waals surface area contributed by atoms with E-state index < -0.39 is 5.67 Å². The third kappa shape index (κ3) is 5.08. The molecule has 0 radical (unpaired) electrons. The highest BCUT2D eigenvalue weighted by atomic mass is 19.1. The van der Waals surface area contributed by atoms with Crippen LogP contribution < -0.4 is 0 Å². The van der Waals surface area contributed by atoms with Gasteiger partial charge in [-0.2, -0.15) is 0 Å². The number of halogens is 1. The third-order valence-corrected chi connectivity index (χ3v) is 5.52. The molecule has 0 nitrogen and oxygen atoms in total. The van der Waals surface area contributed by atoms with Crippen LogP contribution in [0.4, 0.5) is 4.39 Å². The van der Waals surface area contributed by atoms with E-state index in [1.807, 2.05) is 0 Å². The van der Waals surface area contributed by atoms with Crippen molar-refractivity contribution in [2.75, 3.05) is 0 Å². The van der Waals surface area contributed by atoms with Crippen molar-refractivity contribution < 1.29 is 4.39 Å². The molecule has 0 atom stereocenters. The highest BCUT2D eigenvalue weighted by Crippen LogP contribution is 2.41. The average molecular weight is 268 g/mol. The van der Waals surface area contributed by atoms with E-state index >= 15 is 4.39 Å². The van der Waals surface area contributed by atoms with Gasteiger partial charge in [0.2, 0.25) is 0 Å². The highest BCUT2D eigenvalue weighted by Gasteiger charge is 2.37. The van der Waals surface area contributed by atoms with Gasteiger partial charge in [0.25, 0.3) is 0 Å². The Morgan fingerprint density at radius 2 is 0.895 bits per heavy atom. The maximum Gasteiger partial charge on any atom is 0.113 e. The Balaban J connectivity index is 1.95. The zero-order chi connectivity index (χ0) is 13.4. The summed E-state index contributed by atoms with van der Waals surface area (Å²) in [5.41, 5.74) is -0.811. The van der Waals surface area contributed by atoms with Gasteiger partial charge in [0, 0.05) is 0 Å². The van der Waals surface area contributed by atoms with Crippen molar-refractivity contribution in [1.29, 1.82) is 0 Å². The lowest BCUT2D eigenvalue weighted by atomic mass is 9.76. The third-order valence-electron chi connectivity index (χ3n) is 5.52. The molecule has 19 heavy (non-hydrogen) atoms. The van der Waals surface area contributed by atoms with Crippen LogP contribution in [0.5, 0.6) is 0 Å². The van der Waals surface area contributed by atoms with E-state index in [-0.39, 0.29) is 0 Å². The molecule has 0 spiro atoms. The van der Waals surface area contributed by atoms with Crippen LogP contribution in [0, 0.1) is 5.92 Å². The lowest BCUT2D eigenvalue weighted by molar-refractivity contribution is 0.0439. The van der Waals surface area contributed by atoms with Gasteiger partial charge in [-0.25, -0.2) is 4.39 Å². The van der Waals surface area contributed by atoms with E-state index in [0.29, 0.717) is 5.92 Å². The Morgan fingerprint density at radius 3 is 1.37 bits per heavy atom. The molecule has 0 unspecified atom stereocenters. The molecule has 0 saturated heterocycles. The van der Waals surface area contributed by atoms with E-state index in [4.69, 9.17) is 0 Å². The molecule has 2 fully saturated rings. The second-order valence-corrected chi connectivity index (χ2v) is 7.05. The second kappa shape index (κ2) is 8.27. The molecule has 0 aromatic heterocycles. The van der Waals surface area contributed by atoms with Crippen molar-refractivity contribution in [3.63, 3.8) is 0 Å². The summed E-state index contributed by atoms with van der Waals surface area (Å²) in [7, 11) is 0. The molecule has 0 heterocycles. The van der Waals surface area contributed by atoms with Crippen molar-refractivity contribution in [3.8, 4) is 0 Å². The molecular formula is C18H33F. The quantitative estimate of drug-likeness (QED) is 0.504. The van der Waals surface area contributed by atoms with Gasteiger partial charge in [-0.05, 0) is 31.6 Å². The lowest BCUT2D eigenvalue weighted by Gasteiger charge is -2.34.